The number of piperazine rings is 1. The quantitative estimate of drug-likeness (QED) is 0.843. The van der Waals surface area contributed by atoms with Gasteiger partial charge in [-0.1, -0.05) is 17.7 Å². The molecule has 0 spiro atoms. The number of H-pyrrole nitrogens is 1. The fraction of sp³-hybridized carbons (Fsp3) is 0.600. The number of carbonyl (C=O) groups is 1. The van der Waals surface area contributed by atoms with Crippen molar-refractivity contribution in [3.05, 3.63) is 28.5 Å². The number of fused-ring (bicyclic) bond motifs is 3. The Morgan fingerprint density at radius 3 is 2.67 bits per heavy atom. The second kappa shape index (κ2) is 6.76. The number of aromatic nitrogens is 2. The minimum absolute atomic E-state index is 0.119. The number of halogens is 1. The summed E-state index contributed by atoms with van der Waals surface area (Å²) >= 11 is 6.30. The summed E-state index contributed by atoms with van der Waals surface area (Å²) in [6.45, 7) is 11.4. The van der Waals surface area contributed by atoms with Gasteiger partial charge in [-0.15, -0.1) is 0 Å². The zero-order valence-corrected chi connectivity index (χ0v) is 17.2. The topological polar surface area (TPSA) is 64.3 Å². The lowest BCUT2D eigenvalue weighted by Gasteiger charge is -2.56. The van der Waals surface area contributed by atoms with Crippen LogP contribution in [-0.4, -0.2) is 62.9 Å². The number of nitrogens with one attached hydrogen (secondary N) is 2. The first kappa shape index (κ1) is 18.7. The molecule has 2 bridgehead atoms. The fourth-order valence-electron chi connectivity index (χ4n) is 4.31. The molecule has 3 aliphatic rings. The Kier molecular flexibility index (Phi) is 4.69. The van der Waals surface area contributed by atoms with Crippen LogP contribution in [-0.2, 0) is 11.3 Å². The molecule has 146 valence electrons. The molecule has 2 unspecified atom stereocenters. The van der Waals surface area contributed by atoms with E-state index in [4.69, 9.17) is 16.6 Å². The first-order valence-electron chi connectivity index (χ1n) is 9.62. The molecule has 2 atom stereocenters. The summed E-state index contributed by atoms with van der Waals surface area (Å²) in [5.74, 6) is 1.08. The van der Waals surface area contributed by atoms with Crippen molar-refractivity contribution in [2.45, 2.75) is 58.3 Å². The predicted molar refractivity (Wildman–Crippen MR) is 108 cm³/mol. The summed E-state index contributed by atoms with van der Waals surface area (Å²) in [4.78, 5) is 25.2. The standard InChI is InChI=1S/C20H28ClN5O/c1-12-5-6-15(21)19-18(12)22-16(23-19)10-25-8-13-7-14(9-25)26(13)11-17(27)24-20(2,3)4/h5-6,13-14H,7-11H2,1-4H3,(H,22,23)(H,24,27). The van der Waals surface area contributed by atoms with Crippen LogP contribution in [0.2, 0.25) is 5.02 Å². The van der Waals surface area contributed by atoms with Gasteiger partial charge in [-0.25, -0.2) is 4.98 Å². The number of piperidine rings is 1. The van der Waals surface area contributed by atoms with Crippen LogP contribution in [0.5, 0.6) is 0 Å². The molecule has 0 saturated carbocycles. The van der Waals surface area contributed by atoms with E-state index in [1.165, 1.54) is 6.42 Å². The van der Waals surface area contributed by atoms with E-state index >= 15 is 0 Å². The lowest BCUT2D eigenvalue weighted by atomic mass is 9.87. The van der Waals surface area contributed by atoms with Crippen molar-refractivity contribution in [1.29, 1.82) is 0 Å². The zero-order valence-electron chi connectivity index (χ0n) is 16.5. The van der Waals surface area contributed by atoms with Gasteiger partial charge in [0.25, 0.3) is 0 Å². The molecule has 27 heavy (non-hydrogen) atoms. The summed E-state index contributed by atoms with van der Waals surface area (Å²) < 4.78 is 0. The molecule has 6 nitrogen and oxygen atoms in total. The predicted octanol–water partition coefficient (Wildman–Crippen LogP) is 2.70. The Bertz CT molecular complexity index is 820. The van der Waals surface area contributed by atoms with Crippen LogP contribution in [0.3, 0.4) is 0 Å². The van der Waals surface area contributed by atoms with Crippen LogP contribution in [0.15, 0.2) is 12.1 Å². The van der Waals surface area contributed by atoms with Gasteiger partial charge in [-0.2, -0.15) is 0 Å². The highest BCUT2D eigenvalue weighted by Crippen LogP contribution is 2.33. The second-order valence-corrected chi connectivity index (χ2v) is 9.39. The van der Waals surface area contributed by atoms with E-state index in [1.54, 1.807) is 0 Å². The average molecular weight is 390 g/mol. The molecule has 0 aliphatic carbocycles. The van der Waals surface area contributed by atoms with Gasteiger partial charge >= 0.3 is 0 Å². The summed E-state index contributed by atoms with van der Waals surface area (Å²) in [7, 11) is 0. The highest BCUT2D eigenvalue weighted by Gasteiger charge is 2.45. The molecule has 2 N–H and O–H groups in total. The summed E-state index contributed by atoms with van der Waals surface area (Å²) in [5.41, 5.74) is 2.84. The number of rotatable bonds is 4. The molecular weight excluding hydrogens is 362 g/mol. The highest BCUT2D eigenvalue weighted by molar-refractivity contribution is 6.35. The SMILES string of the molecule is Cc1ccc(Cl)c2[nH]c(CN3CC4CC(C3)N4CC(=O)NC(C)(C)C)nc12. The van der Waals surface area contributed by atoms with Crippen molar-refractivity contribution in [3.8, 4) is 0 Å². The van der Waals surface area contributed by atoms with Gasteiger partial charge in [0.05, 0.1) is 29.1 Å². The lowest BCUT2D eigenvalue weighted by Crippen LogP contribution is -2.69. The van der Waals surface area contributed by atoms with Crippen molar-refractivity contribution in [3.63, 3.8) is 0 Å². The van der Waals surface area contributed by atoms with E-state index < -0.39 is 0 Å². The van der Waals surface area contributed by atoms with Gasteiger partial charge in [0.1, 0.15) is 5.82 Å². The molecule has 2 aromatic rings. The number of amides is 1. The molecular formula is C20H28ClN5O. The van der Waals surface area contributed by atoms with Crippen LogP contribution >= 0.6 is 11.6 Å². The van der Waals surface area contributed by atoms with E-state index in [0.29, 0.717) is 23.7 Å². The monoisotopic (exact) mass is 389 g/mol. The van der Waals surface area contributed by atoms with Crippen LogP contribution < -0.4 is 5.32 Å². The van der Waals surface area contributed by atoms with Crippen LogP contribution in [0.25, 0.3) is 11.0 Å². The van der Waals surface area contributed by atoms with Crippen molar-refractivity contribution in [2.24, 2.45) is 0 Å². The van der Waals surface area contributed by atoms with Gasteiger partial charge in [0, 0.05) is 30.7 Å². The van der Waals surface area contributed by atoms with Gasteiger partial charge < -0.3 is 10.3 Å². The zero-order chi connectivity index (χ0) is 19.3. The van der Waals surface area contributed by atoms with Crippen LogP contribution in [0.4, 0.5) is 0 Å². The third-order valence-corrected chi connectivity index (χ3v) is 5.79. The molecule has 3 saturated heterocycles. The summed E-state index contributed by atoms with van der Waals surface area (Å²) in [5, 5.41) is 3.78. The second-order valence-electron chi connectivity index (χ2n) is 8.98. The molecule has 4 heterocycles. The highest BCUT2D eigenvalue weighted by atomic mass is 35.5. The normalized spacial score (nSPS) is 23.4. The van der Waals surface area contributed by atoms with Crippen molar-refractivity contribution < 1.29 is 4.79 Å². The Morgan fingerprint density at radius 1 is 1.33 bits per heavy atom. The maximum Gasteiger partial charge on any atom is 0.234 e. The van der Waals surface area contributed by atoms with Gasteiger partial charge in [-0.05, 0) is 45.7 Å². The fourth-order valence-corrected chi connectivity index (χ4v) is 4.51. The van der Waals surface area contributed by atoms with Crippen LogP contribution in [0.1, 0.15) is 38.6 Å². The van der Waals surface area contributed by atoms with E-state index in [2.05, 4.69) is 27.0 Å². The van der Waals surface area contributed by atoms with Gasteiger partial charge in [-0.3, -0.25) is 14.6 Å². The summed E-state index contributed by atoms with van der Waals surface area (Å²) in [6.07, 6.45) is 1.18. The minimum Gasteiger partial charge on any atom is -0.350 e. The number of nitrogens with zero attached hydrogens (tertiary/aromatic N) is 3. The van der Waals surface area contributed by atoms with Crippen molar-refractivity contribution in [2.75, 3.05) is 19.6 Å². The smallest absolute Gasteiger partial charge is 0.234 e. The van der Waals surface area contributed by atoms with E-state index in [9.17, 15) is 4.79 Å². The molecule has 1 aromatic carbocycles. The Labute approximate surface area is 165 Å². The largest absolute Gasteiger partial charge is 0.350 e. The minimum atomic E-state index is -0.177. The number of imidazole rings is 1. The number of benzene rings is 1. The number of carbonyl (C=O) groups excluding carboxylic acids is 1. The van der Waals surface area contributed by atoms with Gasteiger partial charge in [0.15, 0.2) is 0 Å². The summed E-state index contributed by atoms with van der Waals surface area (Å²) in [6, 6.07) is 4.84. The number of hydrogen-bond donors (Lipinski definition) is 2. The molecule has 1 amide bonds. The third kappa shape index (κ3) is 3.84. The van der Waals surface area contributed by atoms with Crippen molar-refractivity contribution in [1.82, 2.24) is 25.1 Å². The molecule has 1 aromatic heterocycles. The number of aryl methyl sites for hydroxylation is 1. The van der Waals surface area contributed by atoms with E-state index in [0.717, 1.165) is 42.1 Å². The van der Waals surface area contributed by atoms with Crippen LogP contribution in [0, 0.1) is 6.92 Å². The van der Waals surface area contributed by atoms with E-state index in [-0.39, 0.29) is 11.4 Å². The molecule has 0 radical (unpaired) electrons. The number of hydrogen-bond acceptors (Lipinski definition) is 4. The lowest BCUT2D eigenvalue weighted by molar-refractivity contribution is -0.132. The van der Waals surface area contributed by atoms with Crippen molar-refractivity contribution >= 4 is 28.5 Å². The molecule has 3 fully saturated rings. The molecule has 5 rings (SSSR count). The Morgan fingerprint density at radius 2 is 2.04 bits per heavy atom. The maximum atomic E-state index is 12.2. The third-order valence-electron chi connectivity index (χ3n) is 5.48. The number of aromatic amines is 1. The first-order valence-corrected chi connectivity index (χ1v) is 10.0. The first-order chi connectivity index (χ1) is 12.7. The average Bonchev–Trinajstić information content (AvgIpc) is 3.00. The Balaban J connectivity index is 1.37. The maximum absolute atomic E-state index is 12.2. The van der Waals surface area contributed by atoms with E-state index in [1.807, 2.05) is 32.9 Å². The molecule has 7 heteroatoms. The Hall–Kier alpha value is -1.63. The van der Waals surface area contributed by atoms with Gasteiger partial charge in [0.2, 0.25) is 5.91 Å². The molecule has 3 aliphatic heterocycles.